The molecule has 1 aliphatic rings. The lowest BCUT2D eigenvalue weighted by atomic mass is 10.1. The van der Waals surface area contributed by atoms with Crippen molar-refractivity contribution in [3.63, 3.8) is 0 Å². The molecular formula is C10H10F3N3O. The van der Waals surface area contributed by atoms with Crippen molar-refractivity contribution in [3.05, 3.63) is 35.4 Å². The van der Waals surface area contributed by atoms with Crippen LogP contribution in [0, 0.1) is 0 Å². The van der Waals surface area contributed by atoms with Crippen molar-refractivity contribution in [1.29, 1.82) is 0 Å². The molecule has 0 amide bonds. The number of hydroxylamine groups is 1. The van der Waals surface area contributed by atoms with Gasteiger partial charge in [0.05, 0.1) is 0 Å². The van der Waals surface area contributed by atoms with Gasteiger partial charge in [-0.3, -0.25) is 0 Å². The van der Waals surface area contributed by atoms with Crippen LogP contribution in [0.1, 0.15) is 11.1 Å². The molecule has 0 radical (unpaired) electrons. The van der Waals surface area contributed by atoms with Crippen molar-refractivity contribution in [3.8, 4) is 0 Å². The first kappa shape index (κ1) is 11.9. The predicted octanol–water partition coefficient (Wildman–Crippen LogP) is 1.32. The number of hydrogen-bond donors (Lipinski definition) is 2. The summed E-state index contributed by atoms with van der Waals surface area (Å²) in [6, 6.07) is 6.72. The van der Waals surface area contributed by atoms with Crippen LogP contribution >= 0.6 is 0 Å². The monoisotopic (exact) mass is 245 g/mol. The zero-order valence-electron chi connectivity index (χ0n) is 8.66. The summed E-state index contributed by atoms with van der Waals surface area (Å²) in [7, 11) is 0. The third kappa shape index (κ3) is 2.56. The minimum absolute atomic E-state index is 0.0656. The average Bonchev–Trinajstić information content (AvgIpc) is 2.78. The van der Waals surface area contributed by atoms with Crippen molar-refractivity contribution in [1.82, 2.24) is 5.48 Å². The van der Waals surface area contributed by atoms with Crippen molar-refractivity contribution in [2.24, 2.45) is 10.7 Å². The van der Waals surface area contributed by atoms with Gasteiger partial charge < -0.3 is 5.73 Å². The second-order valence-corrected chi connectivity index (χ2v) is 3.49. The van der Waals surface area contributed by atoms with E-state index in [4.69, 9.17) is 5.73 Å². The summed E-state index contributed by atoms with van der Waals surface area (Å²) in [6.07, 6.45) is -6.65. The summed E-state index contributed by atoms with van der Waals surface area (Å²) in [6.45, 7) is 0.377. The Morgan fingerprint density at radius 1 is 1.29 bits per heavy atom. The van der Waals surface area contributed by atoms with Gasteiger partial charge in [0.2, 0.25) is 0 Å². The number of alkyl halides is 3. The highest BCUT2D eigenvalue weighted by atomic mass is 19.4. The van der Waals surface area contributed by atoms with E-state index >= 15 is 0 Å². The number of nitrogens with two attached hydrogens (primary N) is 1. The molecule has 1 atom stereocenters. The van der Waals surface area contributed by atoms with E-state index < -0.39 is 12.4 Å². The van der Waals surface area contributed by atoms with Crippen LogP contribution in [0.4, 0.5) is 13.2 Å². The maximum absolute atomic E-state index is 12.3. The zero-order valence-corrected chi connectivity index (χ0v) is 8.66. The molecule has 3 N–H and O–H groups in total. The Labute approximate surface area is 95.2 Å². The van der Waals surface area contributed by atoms with Gasteiger partial charge in [0.1, 0.15) is 0 Å². The van der Waals surface area contributed by atoms with E-state index in [0.29, 0.717) is 12.1 Å². The maximum atomic E-state index is 12.3. The SMILES string of the molecule is NCc1ccc(C2=NC(C(F)(F)F)ON2)cc1. The summed E-state index contributed by atoms with van der Waals surface area (Å²) in [4.78, 5) is 7.75. The number of rotatable bonds is 2. The Balaban J connectivity index is 2.18. The maximum Gasteiger partial charge on any atom is 0.437 e. The quantitative estimate of drug-likeness (QED) is 0.826. The molecule has 0 bridgehead atoms. The normalized spacial score (nSPS) is 20.0. The number of halogens is 3. The summed E-state index contributed by atoms with van der Waals surface area (Å²) in [5.74, 6) is 0.0656. The largest absolute Gasteiger partial charge is 0.437 e. The number of benzene rings is 1. The van der Waals surface area contributed by atoms with E-state index in [9.17, 15) is 13.2 Å². The molecule has 1 heterocycles. The number of nitrogens with one attached hydrogen (secondary N) is 1. The first-order valence-corrected chi connectivity index (χ1v) is 4.86. The van der Waals surface area contributed by atoms with Gasteiger partial charge in [0.15, 0.2) is 5.84 Å². The summed E-state index contributed by atoms with van der Waals surface area (Å²) >= 11 is 0. The number of amidine groups is 1. The van der Waals surface area contributed by atoms with Crippen LogP contribution in [-0.2, 0) is 11.4 Å². The fourth-order valence-corrected chi connectivity index (χ4v) is 1.35. The van der Waals surface area contributed by atoms with Gasteiger partial charge in [0.25, 0.3) is 6.23 Å². The lowest BCUT2D eigenvalue weighted by Gasteiger charge is -2.08. The molecule has 2 rings (SSSR count). The lowest BCUT2D eigenvalue weighted by Crippen LogP contribution is -2.29. The molecule has 1 aliphatic heterocycles. The van der Waals surface area contributed by atoms with E-state index in [1.54, 1.807) is 24.3 Å². The van der Waals surface area contributed by atoms with E-state index in [-0.39, 0.29) is 5.84 Å². The van der Waals surface area contributed by atoms with Crippen LogP contribution < -0.4 is 11.2 Å². The Morgan fingerprint density at radius 3 is 2.41 bits per heavy atom. The molecule has 0 spiro atoms. The van der Waals surface area contributed by atoms with Crippen molar-refractivity contribution in [2.75, 3.05) is 0 Å². The van der Waals surface area contributed by atoms with E-state index in [1.165, 1.54) is 0 Å². The summed E-state index contributed by atoms with van der Waals surface area (Å²) in [5, 5.41) is 0. The van der Waals surface area contributed by atoms with Gasteiger partial charge in [-0.1, -0.05) is 24.3 Å². The highest BCUT2D eigenvalue weighted by Gasteiger charge is 2.44. The van der Waals surface area contributed by atoms with Crippen LogP contribution in [0.25, 0.3) is 0 Å². The van der Waals surface area contributed by atoms with Gasteiger partial charge in [-0.25, -0.2) is 15.3 Å². The second-order valence-electron chi connectivity index (χ2n) is 3.49. The fraction of sp³-hybridized carbons (Fsp3) is 0.300. The molecule has 0 aromatic heterocycles. The highest BCUT2D eigenvalue weighted by molar-refractivity contribution is 5.98. The minimum atomic E-state index is -4.51. The van der Waals surface area contributed by atoms with E-state index in [0.717, 1.165) is 5.56 Å². The molecule has 0 saturated carbocycles. The first-order valence-electron chi connectivity index (χ1n) is 4.86. The molecule has 0 saturated heterocycles. The molecule has 17 heavy (non-hydrogen) atoms. The van der Waals surface area contributed by atoms with E-state index in [1.807, 2.05) is 0 Å². The van der Waals surface area contributed by atoms with Crippen LogP contribution in [0.3, 0.4) is 0 Å². The number of aliphatic imine (C=N–C) groups is 1. The third-order valence-electron chi connectivity index (χ3n) is 2.26. The Morgan fingerprint density at radius 2 is 1.94 bits per heavy atom. The molecule has 4 nitrogen and oxygen atoms in total. The Kier molecular flexibility index (Phi) is 3.03. The van der Waals surface area contributed by atoms with Gasteiger partial charge >= 0.3 is 6.18 Å². The Bertz CT molecular complexity index is 427. The molecule has 1 aromatic rings. The molecule has 1 aromatic carbocycles. The minimum Gasteiger partial charge on any atom is -0.326 e. The van der Waals surface area contributed by atoms with Crippen molar-refractivity contribution in [2.45, 2.75) is 18.9 Å². The fourth-order valence-electron chi connectivity index (χ4n) is 1.35. The van der Waals surface area contributed by atoms with Gasteiger partial charge in [0, 0.05) is 12.1 Å². The molecule has 7 heteroatoms. The second kappa shape index (κ2) is 4.34. The topological polar surface area (TPSA) is 59.6 Å². The molecule has 1 unspecified atom stereocenters. The highest BCUT2D eigenvalue weighted by Crippen LogP contribution is 2.26. The lowest BCUT2D eigenvalue weighted by molar-refractivity contribution is -0.220. The van der Waals surface area contributed by atoms with Crippen LogP contribution in [0.5, 0.6) is 0 Å². The Hall–Kier alpha value is -1.60. The first-order chi connectivity index (χ1) is 8.00. The van der Waals surface area contributed by atoms with Gasteiger partial charge in [-0.2, -0.15) is 13.2 Å². The smallest absolute Gasteiger partial charge is 0.326 e. The average molecular weight is 245 g/mol. The molecule has 0 aliphatic carbocycles. The third-order valence-corrected chi connectivity index (χ3v) is 2.26. The van der Waals surface area contributed by atoms with Gasteiger partial charge in [-0.05, 0) is 5.56 Å². The van der Waals surface area contributed by atoms with Gasteiger partial charge in [-0.15, -0.1) is 0 Å². The van der Waals surface area contributed by atoms with Crippen molar-refractivity contribution < 1.29 is 18.0 Å². The van der Waals surface area contributed by atoms with Crippen LogP contribution in [0.15, 0.2) is 29.3 Å². The molecular weight excluding hydrogens is 235 g/mol. The van der Waals surface area contributed by atoms with Crippen molar-refractivity contribution >= 4 is 5.84 Å². The molecule has 92 valence electrons. The summed E-state index contributed by atoms with van der Waals surface area (Å²) in [5.41, 5.74) is 8.99. The van der Waals surface area contributed by atoms with Crippen LogP contribution in [-0.4, -0.2) is 18.2 Å². The standard InChI is InChI=1S/C10H10F3N3O/c11-10(12,13)9-15-8(16-17-9)7-3-1-6(5-14)2-4-7/h1-4,9H,5,14H2,(H,15,16). The van der Waals surface area contributed by atoms with E-state index in [2.05, 4.69) is 15.3 Å². The molecule has 0 fully saturated rings. The van der Waals surface area contributed by atoms with Crippen LogP contribution in [0.2, 0.25) is 0 Å². The predicted molar refractivity (Wildman–Crippen MR) is 54.9 cm³/mol. The number of nitrogens with zero attached hydrogens (tertiary/aromatic N) is 1. The number of hydrogen-bond acceptors (Lipinski definition) is 4. The summed E-state index contributed by atoms with van der Waals surface area (Å²) < 4.78 is 36.8. The zero-order chi connectivity index (χ0) is 12.5.